The van der Waals surface area contributed by atoms with Crippen molar-refractivity contribution in [2.45, 2.75) is 69.9 Å². The normalized spacial score (nSPS) is 27.0. The van der Waals surface area contributed by atoms with Gasteiger partial charge in [-0.05, 0) is 37.8 Å². The van der Waals surface area contributed by atoms with Gasteiger partial charge in [-0.25, -0.2) is 14.2 Å². The Morgan fingerprint density at radius 1 is 1.14 bits per heavy atom. The van der Waals surface area contributed by atoms with Crippen LogP contribution in [0.15, 0.2) is 18.3 Å². The SMILES string of the molecule is C[C@H]1OC(=O)C(C2CCC2)N(C)C(=O)[C@H](C)[C@H](O)[C@H](Cc2c(F)nc(F)c(F)c2F)NC(=O)[C@H]1NC(=O)c1ncccc1O. The Labute approximate surface area is 248 Å². The van der Waals surface area contributed by atoms with Crippen molar-refractivity contribution in [1.82, 2.24) is 25.5 Å². The van der Waals surface area contributed by atoms with Crippen LogP contribution in [-0.4, -0.2) is 86.2 Å². The number of rotatable bonds is 5. The molecule has 0 spiro atoms. The Morgan fingerprint density at radius 2 is 1.82 bits per heavy atom. The van der Waals surface area contributed by atoms with Crippen LogP contribution in [0, 0.1) is 35.4 Å². The third-order valence-corrected chi connectivity index (χ3v) is 8.09. The van der Waals surface area contributed by atoms with Crippen LogP contribution < -0.4 is 10.6 Å². The summed E-state index contributed by atoms with van der Waals surface area (Å²) >= 11 is 0. The van der Waals surface area contributed by atoms with E-state index in [2.05, 4.69) is 20.6 Å². The van der Waals surface area contributed by atoms with Gasteiger partial charge in [0.25, 0.3) is 11.9 Å². The van der Waals surface area contributed by atoms with Crippen molar-refractivity contribution in [2.75, 3.05) is 7.05 Å². The molecule has 1 saturated heterocycles. The molecule has 1 aliphatic heterocycles. The molecule has 2 aliphatic rings. The fourth-order valence-corrected chi connectivity index (χ4v) is 5.31. The van der Waals surface area contributed by atoms with E-state index in [1.54, 1.807) is 0 Å². The van der Waals surface area contributed by atoms with Crippen LogP contribution in [0.4, 0.5) is 17.6 Å². The van der Waals surface area contributed by atoms with Crippen molar-refractivity contribution in [1.29, 1.82) is 0 Å². The molecule has 12 nitrogen and oxygen atoms in total. The van der Waals surface area contributed by atoms with Crippen LogP contribution in [0.2, 0.25) is 0 Å². The number of halogens is 4. The van der Waals surface area contributed by atoms with Gasteiger partial charge in [0, 0.05) is 25.2 Å². The molecule has 44 heavy (non-hydrogen) atoms. The summed E-state index contributed by atoms with van der Waals surface area (Å²) in [4.78, 5) is 61.0. The number of esters is 1. The van der Waals surface area contributed by atoms with E-state index < -0.39 is 107 Å². The van der Waals surface area contributed by atoms with E-state index in [0.717, 1.165) is 17.4 Å². The molecule has 3 amide bonds. The third kappa shape index (κ3) is 6.44. The number of carbonyl (C=O) groups is 4. The summed E-state index contributed by atoms with van der Waals surface area (Å²) in [7, 11) is 1.32. The summed E-state index contributed by atoms with van der Waals surface area (Å²) in [6, 6.07) is -2.10. The number of likely N-dealkylation sites (N-methyl/N-ethyl adjacent to an activating group) is 1. The minimum Gasteiger partial charge on any atom is -0.505 e. The molecule has 1 unspecified atom stereocenters. The number of aromatic nitrogens is 2. The van der Waals surface area contributed by atoms with E-state index in [4.69, 9.17) is 4.74 Å². The first kappa shape index (κ1) is 32.6. The van der Waals surface area contributed by atoms with Crippen LogP contribution in [0.5, 0.6) is 5.75 Å². The first-order valence-electron chi connectivity index (χ1n) is 13.8. The van der Waals surface area contributed by atoms with Gasteiger partial charge in [-0.3, -0.25) is 14.4 Å². The maximum absolute atomic E-state index is 14.6. The zero-order valence-corrected chi connectivity index (χ0v) is 23.9. The second kappa shape index (κ2) is 13.1. The molecule has 0 aromatic carbocycles. The van der Waals surface area contributed by atoms with Gasteiger partial charge in [0.1, 0.15) is 23.9 Å². The number of carbonyl (C=O) groups excluding carboxylic acids is 4. The maximum atomic E-state index is 14.6. The van der Waals surface area contributed by atoms with Gasteiger partial charge in [-0.1, -0.05) is 13.3 Å². The quantitative estimate of drug-likeness (QED) is 0.216. The second-order valence-electron chi connectivity index (χ2n) is 10.9. The van der Waals surface area contributed by atoms with Gasteiger partial charge in [0.2, 0.25) is 23.6 Å². The average molecular weight is 626 g/mol. The van der Waals surface area contributed by atoms with Gasteiger partial charge in [0.05, 0.1) is 18.1 Å². The minimum absolute atomic E-state index is 0.310. The summed E-state index contributed by atoms with van der Waals surface area (Å²) in [6.45, 7) is 2.51. The lowest BCUT2D eigenvalue weighted by atomic mass is 9.78. The molecule has 4 N–H and O–H groups in total. The predicted molar refractivity (Wildman–Crippen MR) is 141 cm³/mol. The number of amides is 3. The van der Waals surface area contributed by atoms with Crippen molar-refractivity contribution in [2.24, 2.45) is 11.8 Å². The molecule has 0 radical (unpaired) electrons. The number of hydrogen-bond acceptors (Lipinski definition) is 9. The number of hydrogen-bond donors (Lipinski definition) is 4. The van der Waals surface area contributed by atoms with E-state index in [0.29, 0.717) is 12.8 Å². The first-order chi connectivity index (χ1) is 20.7. The highest BCUT2D eigenvalue weighted by molar-refractivity contribution is 5.98. The highest BCUT2D eigenvalue weighted by atomic mass is 19.2. The van der Waals surface area contributed by atoms with Crippen molar-refractivity contribution in [3.05, 3.63) is 53.1 Å². The molecular formula is C28H31F4N5O7. The molecule has 2 aromatic rings. The molecule has 2 fully saturated rings. The lowest BCUT2D eigenvalue weighted by Crippen LogP contribution is -2.61. The minimum atomic E-state index is -2.09. The Bertz CT molecular complexity index is 1460. The summed E-state index contributed by atoms with van der Waals surface area (Å²) in [6.07, 6.45) is -1.21. The highest BCUT2D eigenvalue weighted by Crippen LogP contribution is 2.34. The molecule has 2 aromatic heterocycles. The van der Waals surface area contributed by atoms with E-state index >= 15 is 0 Å². The standard InChI is InChI=1S/C28H31F4N5O7/c1-11-22(39)15(10-14-17(29)18(30)24(32)36-23(14)31)34-25(40)19(35-26(41)20-16(38)8-5-9-33-20)12(2)44-28(43)21(13-6-4-7-13)37(3)27(11)42/h5,8-9,11-13,15,19,21-22,38-39H,4,6-7,10H2,1-3H3,(H,34,40)(H,35,41)/t11-,12-,15+,19+,21?,22+/m1/s1. The Balaban J connectivity index is 1.76. The molecule has 6 atom stereocenters. The smallest absolute Gasteiger partial charge is 0.329 e. The summed E-state index contributed by atoms with van der Waals surface area (Å²) < 4.78 is 62.2. The number of aromatic hydroxyl groups is 1. The average Bonchev–Trinajstić information content (AvgIpc) is 2.95. The third-order valence-electron chi connectivity index (χ3n) is 8.09. The van der Waals surface area contributed by atoms with E-state index in [-0.39, 0.29) is 5.92 Å². The largest absolute Gasteiger partial charge is 0.505 e. The monoisotopic (exact) mass is 625 g/mol. The lowest BCUT2D eigenvalue weighted by molar-refractivity contribution is -0.166. The number of pyridine rings is 2. The van der Waals surface area contributed by atoms with Crippen LogP contribution >= 0.6 is 0 Å². The number of nitrogens with zero attached hydrogens (tertiary/aromatic N) is 3. The number of cyclic esters (lactones) is 1. The Kier molecular flexibility index (Phi) is 9.71. The molecule has 1 saturated carbocycles. The van der Waals surface area contributed by atoms with E-state index in [1.165, 1.54) is 33.2 Å². The number of ether oxygens (including phenoxy) is 1. The molecule has 3 heterocycles. The lowest BCUT2D eigenvalue weighted by Gasteiger charge is -2.41. The topological polar surface area (TPSA) is 171 Å². The number of nitrogens with one attached hydrogen (secondary N) is 2. The molecule has 1 aliphatic carbocycles. The fourth-order valence-electron chi connectivity index (χ4n) is 5.31. The first-order valence-corrected chi connectivity index (χ1v) is 13.8. The fraction of sp³-hybridized carbons (Fsp3) is 0.500. The van der Waals surface area contributed by atoms with Crippen molar-refractivity contribution >= 4 is 23.7 Å². The predicted octanol–water partition coefficient (Wildman–Crippen LogP) is 1.13. The highest BCUT2D eigenvalue weighted by Gasteiger charge is 2.45. The molecule has 16 heteroatoms. The van der Waals surface area contributed by atoms with Gasteiger partial charge in [-0.2, -0.15) is 18.2 Å². The summed E-state index contributed by atoms with van der Waals surface area (Å²) in [5, 5.41) is 25.9. The zero-order chi connectivity index (χ0) is 32.5. The van der Waals surface area contributed by atoms with Gasteiger partial charge in [-0.15, -0.1) is 0 Å². The number of aliphatic hydroxyl groups excluding tert-OH is 1. The Morgan fingerprint density at radius 3 is 2.43 bits per heavy atom. The van der Waals surface area contributed by atoms with Crippen molar-refractivity contribution < 1.29 is 51.7 Å². The van der Waals surface area contributed by atoms with Gasteiger partial charge >= 0.3 is 5.97 Å². The van der Waals surface area contributed by atoms with Crippen LogP contribution in [-0.2, 0) is 25.5 Å². The molecule has 238 valence electrons. The second-order valence-corrected chi connectivity index (χ2v) is 10.9. The zero-order valence-electron chi connectivity index (χ0n) is 23.9. The summed E-state index contributed by atoms with van der Waals surface area (Å²) in [5.41, 5.74) is -1.61. The van der Waals surface area contributed by atoms with Crippen LogP contribution in [0.25, 0.3) is 0 Å². The van der Waals surface area contributed by atoms with Crippen molar-refractivity contribution in [3.8, 4) is 5.75 Å². The molecule has 0 bridgehead atoms. The van der Waals surface area contributed by atoms with Gasteiger partial charge in [0.15, 0.2) is 11.5 Å². The van der Waals surface area contributed by atoms with Crippen LogP contribution in [0.3, 0.4) is 0 Å². The number of aliphatic hydroxyl groups is 1. The molecular weight excluding hydrogens is 594 g/mol. The van der Waals surface area contributed by atoms with E-state index in [9.17, 15) is 47.0 Å². The molecule has 4 rings (SSSR count). The Hall–Kier alpha value is -4.34. The summed E-state index contributed by atoms with van der Waals surface area (Å²) in [5.74, 6) is -14.0. The van der Waals surface area contributed by atoms with Crippen LogP contribution in [0.1, 0.15) is 49.2 Å². The maximum Gasteiger partial charge on any atom is 0.329 e. The van der Waals surface area contributed by atoms with Gasteiger partial charge < -0.3 is 30.5 Å². The van der Waals surface area contributed by atoms with E-state index in [1.807, 2.05) is 0 Å². The van der Waals surface area contributed by atoms with Crippen molar-refractivity contribution in [3.63, 3.8) is 0 Å².